The molecule has 5 heteroatoms. The van der Waals surface area contributed by atoms with Gasteiger partial charge in [0.2, 0.25) is 0 Å². The molecule has 1 aromatic rings. The fourth-order valence-electron chi connectivity index (χ4n) is 1.76. The molecule has 98 valence electrons. The Bertz CT molecular complexity index is 446. The first-order chi connectivity index (χ1) is 8.61. The van der Waals surface area contributed by atoms with Crippen LogP contribution in [0.1, 0.15) is 19.8 Å². The Kier molecular flexibility index (Phi) is 4.01. The molecule has 0 bridgehead atoms. The van der Waals surface area contributed by atoms with Crippen LogP contribution in [0.2, 0.25) is 0 Å². The molecule has 0 aliphatic heterocycles. The van der Waals surface area contributed by atoms with Crippen molar-refractivity contribution in [3.05, 3.63) is 18.2 Å². The summed E-state index contributed by atoms with van der Waals surface area (Å²) < 4.78 is 5.40. The van der Waals surface area contributed by atoms with Gasteiger partial charge >= 0.3 is 5.97 Å². The van der Waals surface area contributed by atoms with Gasteiger partial charge in [-0.15, -0.1) is 11.8 Å². The van der Waals surface area contributed by atoms with Crippen molar-refractivity contribution < 1.29 is 14.6 Å². The third-order valence-electron chi connectivity index (χ3n) is 2.84. The van der Waals surface area contributed by atoms with E-state index in [1.165, 1.54) is 11.8 Å². The number of thioether (sulfide) groups is 1. The van der Waals surface area contributed by atoms with E-state index in [1.54, 1.807) is 12.1 Å². The zero-order valence-electron chi connectivity index (χ0n) is 10.3. The first kappa shape index (κ1) is 13.1. The average Bonchev–Trinajstić information content (AvgIpc) is 3.13. The number of aliphatic carboxylic acids is 1. The Morgan fingerprint density at radius 2 is 2.33 bits per heavy atom. The van der Waals surface area contributed by atoms with Gasteiger partial charge in [0.1, 0.15) is 11.0 Å². The number of benzene rings is 1. The topological polar surface area (TPSA) is 72.5 Å². The third-order valence-corrected chi connectivity index (χ3v) is 4.29. The summed E-state index contributed by atoms with van der Waals surface area (Å²) in [7, 11) is 0. The number of hydrogen-bond acceptors (Lipinski definition) is 4. The van der Waals surface area contributed by atoms with Gasteiger partial charge in [0.15, 0.2) is 0 Å². The summed E-state index contributed by atoms with van der Waals surface area (Å²) in [5.41, 5.74) is 6.49. The highest BCUT2D eigenvalue weighted by Gasteiger charge is 2.37. The van der Waals surface area contributed by atoms with E-state index in [-0.39, 0.29) is 5.92 Å². The van der Waals surface area contributed by atoms with Gasteiger partial charge in [-0.1, -0.05) is 0 Å². The molecule has 1 saturated carbocycles. The fraction of sp³-hybridized carbons (Fsp3) is 0.462. The summed E-state index contributed by atoms with van der Waals surface area (Å²) >= 11 is 1.33. The van der Waals surface area contributed by atoms with Crippen LogP contribution in [0, 0.1) is 5.92 Å². The molecule has 0 radical (unpaired) electrons. The minimum Gasteiger partial charge on any atom is -0.494 e. The van der Waals surface area contributed by atoms with Crippen molar-refractivity contribution in [3.8, 4) is 5.75 Å². The number of ether oxygens (including phenoxy) is 1. The van der Waals surface area contributed by atoms with Crippen LogP contribution in [0.4, 0.5) is 5.69 Å². The van der Waals surface area contributed by atoms with Crippen molar-refractivity contribution in [2.45, 2.75) is 29.9 Å². The standard InChI is InChI=1S/C13H17NO3S/c1-2-17-9-5-6-10(14)11(7-9)18-12(13(15)16)8-3-4-8/h5-8,12H,2-4,14H2,1H3,(H,15,16). The van der Waals surface area contributed by atoms with E-state index in [4.69, 9.17) is 10.5 Å². The molecule has 1 unspecified atom stereocenters. The summed E-state index contributed by atoms with van der Waals surface area (Å²) in [6.45, 7) is 2.49. The molecule has 1 aromatic carbocycles. The smallest absolute Gasteiger partial charge is 0.317 e. The first-order valence-electron chi connectivity index (χ1n) is 6.03. The first-order valence-corrected chi connectivity index (χ1v) is 6.91. The SMILES string of the molecule is CCOc1ccc(N)c(SC(C(=O)O)C2CC2)c1. The number of carboxylic acids is 1. The summed E-state index contributed by atoms with van der Waals surface area (Å²) in [5, 5.41) is 8.82. The summed E-state index contributed by atoms with van der Waals surface area (Å²) in [6.07, 6.45) is 1.99. The molecule has 4 nitrogen and oxygen atoms in total. The number of rotatable bonds is 6. The lowest BCUT2D eigenvalue weighted by Crippen LogP contribution is -2.18. The second-order valence-corrected chi connectivity index (χ2v) is 5.53. The number of carboxylic acid groups (broad SMARTS) is 1. The quantitative estimate of drug-likeness (QED) is 0.612. The summed E-state index contributed by atoms with van der Waals surface area (Å²) in [6, 6.07) is 5.39. The van der Waals surface area contributed by atoms with Crippen LogP contribution in [0.3, 0.4) is 0 Å². The van der Waals surface area contributed by atoms with E-state index in [0.29, 0.717) is 12.3 Å². The Morgan fingerprint density at radius 1 is 1.61 bits per heavy atom. The molecule has 1 fully saturated rings. The maximum Gasteiger partial charge on any atom is 0.317 e. The van der Waals surface area contributed by atoms with E-state index in [1.807, 2.05) is 13.0 Å². The van der Waals surface area contributed by atoms with Crippen LogP contribution in [-0.2, 0) is 4.79 Å². The molecule has 0 heterocycles. The molecule has 1 aliphatic carbocycles. The summed E-state index contributed by atoms with van der Waals surface area (Å²) in [4.78, 5) is 12.0. The van der Waals surface area contributed by atoms with Gasteiger partial charge in [-0.25, -0.2) is 0 Å². The predicted molar refractivity (Wildman–Crippen MR) is 72.0 cm³/mol. The lowest BCUT2D eigenvalue weighted by Gasteiger charge is -2.13. The monoisotopic (exact) mass is 267 g/mol. The molecule has 18 heavy (non-hydrogen) atoms. The van der Waals surface area contributed by atoms with Crippen LogP contribution in [-0.4, -0.2) is 22.9 Å². The molecule has 0 aromatic heterocycles. The zero-order valence-corrected chi connectivity index (χ0v) is 11.1. The molecular weight excluding hydrogens is 250 g/mol. The van der Waals surface area contributed by atoms with Crippen LogP contribution in [0.25, 0.3) is 0 Å². The predicted octanol–water partition coefficient (Wildman–Crippen LogP) is 2.62. The zero-order chi connectivity index (χ0) is 13.1. The van der Waals surface area contributed by atoms with Crippen molar-refractivity contribution in [2.75, 3.05) is 12.3 Å². The van der Waals surface area contributed by atoms with Gasteiger partial charge in [-0.05, 0) is 43.9 Å². The minimum atomic E-state index is -0.760. The fourth-order valence-corrected chi connectivity index (χ4v) is 2.98. The van der Waals surface area contributed by atoms with E-state index >= 15 is 0 Å². The van der Waals surface area contributed by atoms with Crippen LogP contribution >= 0.6 is 11.8 Å². The number of nitrogen functional groups attached to an aromatic ring is 1. The molecule has 3 N–H and O–H groups in total. The molecule has 0 spiro atoms. The Labute approximate surface area is 111 Å². The van der Waals surface area contributed by atoms with Crippen molar-refractivity contribution in [3.63, 3.8) is 0 Å². The maximum atomic E-state index is 11.2. The van der Waals surface area contributed by atoms with Crippen LogP contribution < -0.4 is 10.5 Å². The van der Waals surface area contributed by atoms with Crippen LogP contribution in [0.15, 0.2) is 23.1 Å². The highest BCUT2D eigenvalue weighted by molar-refractivity contribution is 8.00. The normalized spacial score (nSPS) is 16.3. The van der Waals surface area contributed by atoms with Crippen LogP contribution in [0.5, 0.6) is 5.75 Å². The molecular formula is C13H17NO3S. The number of anilines is 1. The van der Waals surface area contributed by atoms with E-state index in [0.717, 1.165) is 23.5 Å². The molecule has 1 atom stereocenters. The van der Waals surface area contributed by atoms with Gasteiger partial charge in [0.25, 0.3) is 0 Å². The Morgan fingerprint density at radius 3 is 2.89 bits per heavy atom. The van der Waals surface area contributed by atoms with Gasteiger partial charge in [0.05, 0.1) is 6.61 Å². The van der Waals surface area contributed by atoms with Gasteiger partial charge in [0, 0.05) is 10.6 Å². The van der Waals surface area contributed by atoms with Crippen molar-refractivity contribution in [1.29, 1.82) is 0 Å². The molecule has 0 amide bonds. The highest BCUT2D eigenvalue weighted by atomic mass is 32.2. The maximum absolute atomic E-state index is 11.2. The van der Waals surface area contributed by atoms with Crippen molar-refractivity contribution in [1.82, 2.24) is 0 Å². The molecule has 1 aliphatic rings. The minimum absolute atomic E-state index is 0.280. The average molecular weight is 267 g/mol. The van der Waals surface area contributed by atoms with Gasteiger partial charge in [-0.3, -0.25) is 4.79 Å². The van der Waals surface area contributed by atoms with Crippen molar-refractivity contribution in [2.24, 2.45) is 5.92 Å². The molecule has 0 saturated heterocycles. The highest BCUT2D eigenvalue weighted by Crippen LogP contribution is 2.43. The number of hydrogen-bond donors (Lipinski definition) is 2. The summed E-state index contributed by atoms with van der Waals surface area (Å²) in [5.74, 6) is 0.250. The second-order valence-electron chi connectivity index (χ2n) is 4.35. The van der Waals surface area contributed by atoms with Gasteiger partial charge < -0.3 is 15.6 Å². The number of nitrogens with two attached hydrogens (primary N) is 1. The number of carbonyl (C=O) groups is 1. The second kappa shape index (κ2) is 5.52. The third kappa shape index (κ3) is 3.10. The molecule has 2 rings (SSSR count). The lowest BCUT2D eigenvalue weighted by atomic mass is 10.3. The van der Waals surface area contributed by atoms with E-state index in [9.17, 15) is 9.90 Å². The van der Waals surface area contributed by atoms with Gasteiger partial charge in [-0.2, -0.15) is 0 Å². The lowest BCUT2D eigenvalue weighted by molar-refractivity contribution is -0.136. The Balaban J connectivity index is 2.15. The van der Waals surface area contributed by atoms with Crippen molar-refractivity contribution >= 4 is 23.4 Å². The van der Waals surface area contributed by atoms with E-state index in [2.05, 4.69) is 0 Å². The Hall–Kier alpha value is -1.36. The van der Waals surface area contributed by atoms with E-state index < -0.39 is 11.2 Å². The largest absolute Gasteiger partial charge is 0.494 e.